The summed E-state index contributed by atoms with van der Waals surface area (Å²) in [5.41, 5.74) is 3.76. The Labute approximate surface area is 136 Å². The molecular weight excluding hydrogens is 300 g/mol. The van der Waals surface area contributed by atoms with Gasteiger partial charge in [0.25, 0.3) is 0 Å². The van der Waals surface area contributed by atoms with Gasteiger partial charge in [0.2, 0.25) is 0 Å². The van der Waals surface area contributed by atoms with Crippen molar-refractivity contribution in [1.29, 1.82) is 0 Å². The summed E-state index contributed by atoms with van der Waals surface area (Å²) in [6.07, 6.45) is 1.71. The van der Waals surface area contributed by atoms with E-state index in [2.05, 4.69) is 20.7 Å². The summed E-state index contributed by atoms with van der Waals surface area (Å²) < 4.78 is 10.5. The summed E-state index contributed by atoms with van der Waals surface area (Å²) in [6, 6.07) is 7.66. The average molecular weight is 322 g/mol. The Bertz CT molecular complexity index is 504. The second-order valence-corrected chi connectivity index (χ2v) is 5.26. The van der Waals surface area contributed by atoms with Crippen LogP contribution < -0.4 is 15.5 Å². The molecule has 2 N–H and O–H groups in total. The lowest BCUT2D eigenvalue weighted by atomic mass is 10.2. The summed E-state index contributed by atoms with van der Waals surface area (Å²) in [7, 11) is 1.64. The van der Waals surface area contributed by atoms with Crippen LogP contribution in [0.2, 0.25) is 0 Å². The molecule has 2 rings (SSSR count). The van der Waals surface area contributed by atoms with E-state index in [1.807, 2.05) is 24.3 Å². The summed E-state index contributed by atoms with van der Waals surface area (Å²) in [6.45, 7) is 5.33. The van der Waals surface area contributed by atoms with Crippen molar-refractivity contribution in [3.8, 4) is 5.75 Å². The van der Waals surface area contributed by atoms with Gasteiger partial charge in [-0.25, -0.2) is 0 Å². The molecule has 1 aromatic rings. The molecule has 0 bridgehead atoms. The Morgan fingerprint density at radius 3 is 3.05 bits per heavy atom. The molecule has 1 aliphatic rings. The van der Waals surface area contributed by atoms with Crippen molar-refractivity contribution in [3.63, 3.8) is 0 Å². The van der Waals surface area contributed by atoms with Crippen LogP contribution in [0.1, 0.15) is 5.56 Å². The smallest absolute Gasteiger partial charge is 0.187 e. The predicted octanol–water partition coefficient (Wildman–Crippen LogP) is 0.825. The Balaban J connectivity index is 1.65. The largest absolute Gasteiger partial charge is 0.497 e. The van der Waals surface area contributed by atoms with Gasteiger partial charge in [0.15, 0.2) is 5.11 Å². The highest BCUT2D eigenvalue weighted by Gasteiger charge is 2.09. The zero-order valence-electron chi connectivity index (χ0n) is 12.7. The Kier molecular flexibility index (Phi) is 7.08. The number of hydrazone groups is 1. The predicted molar refractivity (Wildman–Crippen MR) is 91.6 cm³/mol. The Morgan fingerprint density at radius 2 is 2.27 bits per heavy atom. The molecule has 0 saturated carbocycles. The third-order valence-corrected chi connectivity index (χ3v) is 3.53. The van der Waals surface area contributed by atoms with Gasteiger partial charge in [0.05, 0.1) is 26.5 Å². The Hall–Kier alpha value is -1.70. The monoisotopic (exact) mass is 322 g/mol. The maximum Gasteiger partial charge on any atom is 0.187 e. The highest BCUT2D eigenvalue weighted by Crippen LogP contribution is 2.10. The number of thiocarbonyl (C=S) groups is 1. The summed E-state index contributed by atoms with van der Waals surface area (Å²) in [4.78, 5) is 2.35. The number of ether oxygens (including phenoxy) is 2. The maximum absolute atomic E-state index is 5.31. The van der Waals surface area contributed by atoms with Gasteiger partial charge < -0.3 is 14.8 Å². The fourth-order valence-corrected chi connectivity index (χ4v) is 2.23. The van der Waals surface area contributed by atoms with Gasteiger partial charge in [-0.2, -0.15) is 5.10 Å². The van der Waals surface area contributed by atoms with Gasteiger partial charge in [-0.15, -0.1) is 0 Å². The first kappa shape index (κ1) is 16.7. The van der Waals surface area contributed by atoms with Crippen LogP contribution in [0.3, 0.4) is 0 Å². The van der Waals surface area contributed by atoms with E-state index in [0.717, 1.165) is 50.7 Å². The Morgan fingerprint density at radius 1 is 1.45 bits per heavy atom. The van der Waals surface area contributed by atoms with Gasteiger partial charge in [-0.3, -0.25) is 10.3 Å². The SMILES string of the molecule is COc1cccc(/C=N/NC(=S)NCCN2CCOCC2)c1. The van der Waals surface area contributed by atoms with Crippen molar-refractivity contribution >= 4 is 23.5 Å². The molecule has 0 spiro atoms. The van der Waals surface area contributed by atoms with E-state index < -0.39 is 0 Å². The maximum atomic E-state index is 5.31. The topological polar surface area (TPSA) is 58.1 Å². The normalized spacial score (nSPS) is 15.7. The number of morpholine rings is 1. The van der Waals surface area contributed by atoms with Crippen molar-refractivity contribution < 1.29 is 9.47 Å². The molecule has 1 aromatic carbocycles. The first-order valence-corrected chi connectivity index (χ1v) is 7.70. The molecule has 0 unspecified atom stereocenters. The van der Waals surface area contributed by atoms with Crippen LogP contribution in [0.4, 0.5) is 0 Å². The molecular formula is C15H22N4O2S. The van der Waals surface area contributed by atoms with Crippen molar-refractivity contribution in [2.45, 2.75) is 0 Å². The van der Waals surface area contributed by atoms with E-state index in [4.69, 9.17) is 21.7 Å². The van der Waals surface area contributed by atoms with Crippen LogP contribution in [-0.4, -0.2) is 62.7 Å². The lowest BCUT2D eigenvalue weighted by molar-refractivity contribution is 0.0389. The minimum absolute atomic E-state index is 0.521. The number of nitrogens with one attached hydrogen (secondary N) is 2. The molecule has 120 valence electrons. The minimum atomic E-state index is 0.521. The summed E-state index contributed by atoms with van der Waals surface area (Å²) in [5.74, 6) is 0.801. The van der Waals surface area contributed by atoms with E-state index in [1.165, 1.54) is 0 Å². The summed E-state index contributed by atoms with van der Waals surface area (Å²) >= 11 is 5.18. The molecule has 0 aliphatic carbocycles. The molecule has 0 amide bonds. The highest BCUT2D eigenvalue weighted by molar-refractivity contribution is 7.80. The van der Waals surface area contributed by atoms with Gasteiger partial charge in [-0.05, 0) is 29.9 Å². The molecule has 0 atom stereocenters. The van der Waals surface area contributed by atoms with E-state index in [-0.39, 0.29) is 0 Å². The van der Waals surface area contributed by atoms with Gasteiger partial charge in [-0.1, -0.05) is 12.1 Å². The van der Waals surface area contributed by atoms with E-state index in [1.54, 1.807) is 13.3 Å². The number of methoxy groups -OCH3 is 1. The van der Waals surface area contributed by atoms with Crippen molar-refractivity contribution in [1.82, 2.24) is 15.6 Å². The van der Waals surface area contributed by atoms with Gasteiger partial charge in [0.1, 0.15) is 5.75 Å². The number of nitrogens with zero attached hydrogens (tertiary/aromatic N) is 2. The third kappa shape index (κ3) is 5.97. The average Bonchev–Trinajstić information content (AvgIpc) is 2.56. The molecule has 1 heterocycles. The zero-order valence-corrected chi connectivity index (χ0v) is 13.6. The molecule has 1 aliphatic heterocycles. The first-order chi connectivity index (χ1) is 10.8. The lowest BCUT2D eigenvalue weighted by Gasteiger charge is -2.26. The van der Waals surface area contributed by atoms with E-state index in [9.17, 15) is 0 Å². The summed E-state index contributed by atoms with van der Waals surface area (Å²) in [5, 5.41) is 7.77. The lowest BCUT2D eigenvalue weighted by Crippen LogP contribution is -2.42. The molecule has 1 fully saturated rings. The van der Waals surface area contributed by atoms with Crippen molar-refractivity contribution in [2.24, 2.45) is 5.10 Å². The molecule has 22 heavy (non-hydrogen) atoms. The standard InChI is InChI=1S/C15H22N4O2S/c1-20-14-4-2-3-13(11-14)12-17-18-15(22)16-5-6-19-7-9-21-10-8-19/h2-4,11-12H,5-10H2,1H3,(H2,16,18,22)/b17-12+. The third-order valence-electron chi connectivity index (χ3n) is 3.29. The number of rotatable bonds is 6. The fourth-order valence-electron chi connectivity index (χ4n) is 2.08. The second kappa shape index (κ2) is 9.34. The van der Waals surface area contributed by atoms with Crippen LogP contribution in [-0.2, 0) is 4.74 Å². The van der Waals surface area contributed by atoms with Crippen LogP contribution in [0, 0.1) is 0 Å². The van der Waals surface area contributed by atoms with Gasteiger partial charge >= 0.3 is 0 Å². The zero-order chi connectivity index (χ0) is 15.6. The molecule has 0 aromatic heterocycles. The van der Waals surface area contributed by atoms with E-state index in [0.29, 0.717) is 5.11 Å². The first-order valence-electron chi connectivity index (χ1n) is 7.29. The fraction of sp³-hybridized carbons (Fsp3) is 0.467. The van der Waals surface area contributed by atoms with Crippen molar-refractivity contribution in [2.75, 3.05) is 46.5 Å². The number of hydrogen-bond acceptors (Lipinski definition) is 5. The van der Waals surface area contributed by atoms with Crippen molar-refractivity contribution in [3.05, 3.63) is 29.8 Å². The molecule has 0 radical (unpaired) electrons. The van der Waals surface area contributed by atoms with Gasteiger partial charge in [0, 0.05) is 26.2 Å². The second-order valence-electron chi connectivity index (χ2n) is 4.86. The number of benzene rings is 1. The molecule has 1 saturated heterocycles. The molecule has 6 nitrogen and oxygen atoms in total. The minimum Gasteiger partial charge on any atom is -0.497 e. The van der Waals surface area contributed by atoms with Crippen LogP contribution in [0.5, 0.6) is 5.75 Å². The quantitative estimate of drug-likeness (QED) is 0.460. The number of hydrogen-bond donors (Lipinski definition) is 2. The van der Waals surface area contributed by atoms with Crippen LogP contribution >= 0.6 is 12.2 Å². The van der Waals surface area contributed by atoms with Crippen LogP contribution in [0.25, 0.3) is 0 Å². The molecule has 7 heteroatoms. The van der Waals surface area contributed by atoms with E-state index >= 15 is 0 Å². The highest BCUT2D eigenvalue weighted by atomic mass is 32.1. The van der Waals surface area contributed by atoms with Crippen LogP contribution in [0.15, 0.2) is 29.4 Å².